The molecule has 0 aliphatic carbocycles. The van der Waals surface area contributed by atoms with Crippen molar-refractivity contribution in [3.05, 3.63) is 29.8 Å². The van der Waals surface area contributed by atoms with E-state index in [1.165, 1.54) is 0 Å². The van der Waals surface area contributed by atoms with Gasteiger partial charge in [-0.2, -0.15) is 0 Å². The number of anilines is 1. The van der Waals surface area contributed by atoms with Gasteiger partial charge < -0.3 is 15.3 Å². The van der Waals surface area contributed by atoms with Crippen molar-refractivity contribution in [2.45, 2.75) is 32.4 Å². The SMILES string of the molecule is CC(C)NC(CC(=O)O)C(=O)c1ccc(N(C)C)cc1. The number of Topliss-reactive ketones (excluding diaryl/α,β-unsaturated/α-hetero) is 1. The maximum atomic E-state index is 12.4. The number of nitrogens with one attached hydrogen (secondary N) is 1. The van der Waals surface area contributed by atoms with E-state index < -0.39 is 12.0 Å². The van der Waals surface area contributed by atoms with Crippen LogP contribution in [0.15, 0.2) is 24.3 Å². The molecule has 1 atom stereocenters. The Kier molecular flexibility index (Phi) is 5.70. The number of carbonyl (C=O) groups is 2. The van der Waals surface area contributed by atoms with Crippen LogP contribution in [-0.2, 0) is 4.79 Å². The van der Waals surface area contributed by atoms with E-state index in [-0.39, 0.29) is 18.2 Å². The number of carboxylic acid groups (broad SMARTS) is 1. The van der Waals surface area contributed by atoms with E-state index >= 15 is 0 Å². The van der Waals surface area contributed by atoms with Gasteiger partial charge in [0.25, 0.3) is 0 Å². The minimum atomic E-state index is -0.985. The lowest BCUT2D eigenvalue weighted by Gasteiger charge is -2.19. The van der Waals surface area contributed by atoms with Crippen LogP contribution in [0.1, 0.15) is 30.6 Å². The van der Waals surface area contributed by atoms with E-state index in [2.05, 4.69) is 5.32 Å². The normalized spacial score (nSPS) is 12.2. The summed E-state index contributed by atoms with van der Waals surface area (Å²) in [5, 5.41) is 11.9. The van der Waals surface area contributed by atoms with E-state index in [9.17, 15) is 9.59 Å². The van der Waals surface area contributed by atoms with E-state index in [1.807, 2.05) is 45.0 Å². The summed E-state index contributed by atoms with van der Waals surface area (Å²) in [7, 11) is 3.84. The molecule has 0 heterocycles. The molecule has 0 saturated carbocycles. The maximum absolute atomic E-state index is 12.4. The predicted molar refractivity (Wildman–Crippen MR) is 79.4 cm³/mol. The third-order valence-electron chi connectivity index (χ3n) is 2.90. The first-order valence-electron chi connectivity index (χ1n) is 6.60. The summed E-state index contributed by atoms with van der Waals surface area (Å²) in [5.41, 5.74) is 1.52. The van der Waals surface area contributed by atoms with Crippen molar-refractivity contribution in [2.75, 3.05) is 19.0 Å². The second kappa shape index (κ2) is 7.05. The summed E-state index contributed by atoms with van der Waals surface area (Å²) in [6, 6.07) is 6.51. The highest BCUT2D eigenvalue weighted by molar-refractivity contribution is 6.02. The molecule has 0 aromatic heterocycles. The standard InChI is InChI=1S/C15H22N2O3/c1-10(2)16-13(9-14(18)19)15(20)11-5-7-12(8-6-11)17(3)4/h5-8,10,13,16H,9H2,1-4H3,(H,18,19). The Morgan fingerprint density at radius 3 is 2.15 bits per heavy atom. The zero-order valence-corrected chi connectivity index (χ0v) is 12.4. The lowest BCUT2D eigenvalue weighted by molar-refractivity contribution is -0.137. The van der Waals surface area contributed by atoms with Gasteiger partial charge in [-0.3, -0.25) is 9.59 Å². The molecule has 1 aromatic carbocycles. The van der Waals surface area contributed by atoms with Crippen molar-refractivity contribution < 1.29 is 14.7 Å². The number of carbonyl (C=O) groups excluding carboxylic acids is 1. The van der Waals surface area contributed by atoms with Gasteiger partial charge >= 0.3 is 5.97 Å². The third-order valence-corrected chi connectivity index (χ3v) is 2.90. The molecule has 0 aliphatic heterocycles. The lowest BCUT2D eigenvalue weighted by Crippen LogP contribution is -2.42. The molecule has 0 spiro atoms. The Morgan fingerprint density at radius 1 is 1.20 bits per heavy atom. The molecular formula is C15H22N2O3. The zero-order valence-electron chi connectivity index (χ0n) is 12.4. The quantitative estimate of drug-likeness (QED) is 0.744. The van der Waals surface area contributed by atoms with Crippen LogP contribution in [0.5, 0.6) is 0 Å². The van der Waals surface area contributed by atoms with Crippen LogP contribution in [0.2, 0.25) is 0 Å². The number of carboxylic acids is 1. The fraction of sp³-hybridized carbons (Fsp3) is 0.467. The molecule has 0 fully saturated rings. The first kappa shape index (κ1) is 16.2. The van der Waals surface area contributed by atoms with Crippen LogP contribution in [0, 0.1) is 0 Å². The molecule has 1 unspecified atom stereocenters. The van der Waals surface area contributed by atoms with E-state index in [1.54, 1.807) is 12.1 Å². The lowest BCUT2D eigenvalue weighted by atomic mass is 10.0. The monoisotopic (exact) mass is 278 g/mol. The molecule has 0 amide bonds. The molecule has 1 aromatic rings. The molecule has 2 N–H and O–H groups in total. The van der Waals surface area contributed by atoms with Gasteiger partial charge in [-0.05, 0) is 24.3 Å². The molecule has 0 bridgehead atoms. The van der Waals surface area contributed by atoms with Crippen LogP contribution >= 0.6 is 0 Å². The highest BCUT2D eigenvalue weighted by Crippen LogP contribution is 2.14. The Bertz CT molecular complexity index is 467. The van der Waals surface area contributed by atoms with Gasteiger partial charge in [0, 0.05) is 31.4 Å². The average Bonchev–Trinajstić information content (AvgIpc) is 2.36. The fourth-order valence-electron chi connectivity index (χ4n) is 1.93. The fourth-order valence-corrected chi connectivity index (χ4v) is 1.93. The Hall–Kier alpha value is -1.88. The number of hydrogen-bond acceptors (Lipinski definition) is 4. The zero-order chi connectivity index (χ0) is 15.3. The molecular weight excluding hydrogens is 256 g/mol. The van der Waals surface area contributed by atoms with Crippen LogP contribution in [0.25, 0.3) is 0 Å². The van der Waals surface area contributed by atoms with Gasteiger partial charge in [-0.25, -0.2) is 0 Å². The Labute approximate surface area is 119 Å². The van der Waals surface area contributed by atoms with E-state index in [0.29, 0.717) is 5.56 Å². The van der Waals surface area contributed by atoms with Crippen LogP contribution in [-0.4, -0.2) is 43.0 Å². The van der Waals surface area contributed by atoms with Gasteiger partial charge in [0.05, 0.1) is 12.5 Å². The maximum Gasteiger partial charge on any atom is 0.305 e. The van der Waals surface area contributed by atoms with E-state index in [0.717, 1.165) is 5.69 Å². The highest BCUT2D eigenvalue weighted by atomic mass is 16.4. The smallest absolute Gasteiger partial charge is 0.305 e. The molecule has 0 aliphatic rings. The summed E-state index contributed by atoms with van der Waals surface area (Å²) in [6.45, 7) is 3.77. The van der Waals surface area contributed by atoms with E-state index in [4.69, 9.17) is 5.11 Å². The first-order chi connectivity index (χ1) is 9.31. The molecule has 20 heavy (non-hydrogen) atoms. The minimum absolute atomic E-state index is 0.0457. The topological polar surface area (TPSA) is 69.6 Å². The van der Waals surface area contributed by atoms with Crippen molar-refractivity contribution in [1.29, 1.82) is 0 Å². The van der Waals surface area contributed by atoms with Crippen molar-refractivity contribution in [3.63, 3.8) is 0 Å². The Balaban J connectivity index is 2.90. The number of benzene rings is 1. The second-order valence-corrected chi connectivity index (χ2v) is 5.28. The van der Waals surface area contributed by atoms with Gasteiger partial charge in [-0.1, -0.05) is 13.8 Å². The van der Waals surface area contributed by atoms with Gasteiger partial charge in [0.1, 0.15) is 0 Å². The summed E-state index contributed by atoms with van der Waals surface area (Å²) in [6.07, 6.45) is -0.216. The third kappa shape index (κ3) is 4.66. The molecule has 5 nitrogen and oxygen atoms in total. The van der Waals surface area contributed by atoms with Crippen LogP contribution in [0.4, 0.5) is 5.69 Å². The Morgan fingerprint density at radius 2 is 1.75 bits per heavy atom. The van der Waals surface area contributed by atoms with Crippen molar-refractivity contribution >= 4 is 17.4 Å². The molecule has 5 heteroatoms. The predicted octanol–water partition coefficient (Wildman–Crippen LogP) is 1.78. The summed E-state index contributed by atoms with van der Waals surface area (Å²) < 4.78 is 0. The number of rotatable bonds is 7. The number of aliphatic carboxylic acids is 1. The molecule has 1 rings (SSSR count). The number of hydrogen-bond donors (Lipinski definition) is 2. The van der Waals surface area contributed by atoms with Gasteiger partial charge in [0.2, 0.25) is 0 Å². The first-order valence-corrected chi connectivity index (χ1v) is 6.60. The summed E-state index contributed by atoms with van der Waals surface area (Å²) in [5.74, 6) is -1.17. The van der Waals surface area contributed by atoms with Gasteiger partial charge in [-0.15, -0.1) is 0 Å². The average molecular weight is 278 g/mol. The van der Waals surface area contributed by atoms with Crippen LogP contribution < -0.4 is 10.2 Å². The van der Waals surface area contributed by atoms with Crippen LogP contribution in [0.3, 0.4) is 0 Å². The van der Waals surface area contributed by atoms with Crippen molar-refractivity contribution in [2.24, 2.45) is 0 Å². The van der Waals surface area contributed by atoms with Crippen molar-refractivity contribution in [1.82, 2.24) is 5.32 Å². The minimum Gasteiger partial charge on any atom is -0.481 e. The highest BCUT2D eigenvalue weighted by Gasteiger charge is 2.23. The largest absolute Gasteiger partial charge is 0.481 e. The van der Waals surface area contributed by atoms with Gasteiger partial charge in [0.15, 0.2) is 5.78 Å². The molecule has 0 saturated heterocycles. The van der Waals surface area contributed by atoms with Crippen molar-refractivity contribution in [3.8, 4) is 0 Å². The summed E-state index contributed by atoms with van der Waals surface area (Å²) in [4.78, 5) is 25.2. The number of nitrogens with zero attached hydrogens (tertiary/aromatic N) is 1. The molecule has 0 radical (unpaired) electrons. The molecule has 110 valence electrons. The summed E-state index contributed by atoms with van der Waals surface area (Å²) >= 11 is 0. The number of ketones is 1. The second-order valence-electron chi connectivity index (χ2n) is 5.28.